The van der Waals surface area contributed by atoms with E-state index in [4.69, 9.17) is 4.74 Å². The Morgan fingerprint density at radius 1 is 1.39 bits per heavy atom. The molecule has 1 aliphatic heterocycles. The summed E-state index contributed by atoms with van der Waals surface area (Å²) in [5.74, 6) is 0.536. The number of rotatable bonds is 4. The first kappa shape index (κ1) is 16.0. The lowest BCUT2D eigenvalue weighted by Gasteiger charge is -2.27. The van der Waals surface area contributed by atoms with Gasteiger partial charge in [0, 0.05) is 32.6 Å². The van der Waals surface area contributed by atoms with Crippen LogP contribution in [-0.2, 0) is 4.74 Å². The van der Waals surface area contributed by atoms with Crippen molar-refractivity contribution in [2.24, 2.45) is 0 Å². The summed E-state index contributed by atoms with van der Waals surface area (Å²) >= 11 is 1.34. The number of aryl methyl sites for hydroxylation is 1. The van der Waals surface area contributed by atoms with E-state index in [0.29, 0.717) is 22.3 Å². The number of thiazole rings is 1. The number of carbonyl (C=O) groups excluding carboxylic acids is 1. The van der Waals surface area contributed by atoms with Crippen LogP contribution in [0.25, 0.3) is 10.8 Å². The molecule has 7 heteroatoms. The normalized spacial score (nSPS) is 17.9. The molecule has 0 saturated carbocycles. The second-order valence-electron chi connectivity index (χ2n) is 5.68. The highest BCUT2D eigenvalue weighted by molar-refractivity contribution is 7.17. The van der Waals surface area contributed by atoms with Crippen LogP contribution in [0.3, 0.4) is 0 Å². The van der Waals surface area contributed by atoms with E-state index in [2.05, 4.69) is 15.0 Å². The lowest BCUT2D eigenvalue weighted by atomic mass is 10.1. The molecule has 0 aromatic carbocycles. The van der Waals surface area contributed by atoms with Crippen molar-refractivity contribution >= 4 is 17.2 Å². The largest absolute Gasteiger partial charge is 0.376 e. The molecule has 0 aliphatic carbocycles. The van der Waals surface area contributed by atoms with E-state index in [1.165, 1.54) is 17.8 Å². The topological polar surface area (TPSA) is 68.2 Å². The zero-order chi connectivity index (χ0) is 16.2. The molecule has 3 rings (SSSR count). The van der Waals surface area contributed by atoms with Gasteiger partial charge in [0.05, 0.1) is 11.8 Å². The Hall–Kier alpha value is -1.86. The van der Waals surface area contributed by atoms with Gasteiger partial charge in [0.1, 0.15) is 4.88 Å². The summed E-state index contributed by atoms with van der Waals surface area (Å²) in [4.78, 5) is 27.9. The van der Waals surface area contributed by atoms with Gasteiger partial charge in [0.2, 0.25) is 0 Å². The molecule has 1 amide bonds. The molecular formula is C16H20N4O2S. The third kappa shape index (κ3) is 3.73. The van der Waals surface area contributed by atoms with Crippen LogP contribution >= 0.6 is 11.3 Å². The van der Waals surface area contributed by atoms with Crippen molar-refractivity contribution in [2.75, 3.05) is 20.2 Å². The maximum Gasteiger partial charge on any atom is 0.265 e. The minimum absolute atomic E-state index is 0.0173. The predicted octanol–water partition coefficient (Wildman–Crippen LogP) is 2.55. The molecule has 0 unspecified atom stereocenters. The summed E-state index contributed by atoms with van der Waals surface area (Å²) in [5.41, 5.74) is 0.721. The summed E-state index contributed by atoms with van der Waals surface area (Å²) in [6, 6.07) is 1.76. The summed E-state index contributed by atoms with van der Waals surface area (Å²) in [6.07, 6.45) is 6.79. The quantitative estimate of drug-likeness (QED) is 0.861. The molecule has 0 N–H and O–H groups in total. The van der Waals surface area contributed by atoms with Crippen molar-refractivity contribution in [1.82, 2.24) is 19.9 Å². The second-order valence-corrected chi connectivity index (χ2v) is 6.68. The van der Waals surface area contributed by atoms with Gasteiger partial charge >= 0.3 is 0 Å². The first-order valence-electron chi connectivity index (χ1n) is 7.77. The van der Waals surface area contributed by atoms with E-state index in [1.54, 1.807) is 23.4 Å². The van der Waals surface area contributed by atoms with Crippen LogP contribution in [0.15, 0.2) is 18.5 Å². The summed E-state index contributed by atoms with van der Waals surface area (Å²) in [7, 11) is 1.82. The van der Waals surface area contributed by atoms with Crippen LogP contribution in [0.2, 0.25) is 0 Å². The van der Waals surface area contributed by atoms with Gasteiger partial charge in [-0.25, -0.2) is 15.0 Å². The average molecular weight is 332 g/mol. The Labute approximate surface area is 139 Å². The van der Waals surface area contributed by atoms with Crippen molar-refractivity contribution in [3.8, 4) is 10.8 Å². The van der Waals surface area contributed by atoms with Gasteiger partial charge in [-0.3, -0.25) is 4.79 Å². The van der Waals surface area contributed by atoms with Crippen molar-refractivity contribution in [3.05, 3.63) is 29.0 Å². The standard InChI is InChI=1S/C16H20N4O2S/c1-11-13(23-15(19-11)14-17-7-5-8-18-14)16(21)20(2)10-12-6-3-4-9-22-12/h5,7-8,12H,3-4,6,9-10H2,1-2H3/t12-/m0/s1. The number of carbonyl (C=O) groups is 1. The molecule has 1 saturated heterocycles. The molecule has 0 bridgehead atoms. The van der Waals surface area contributed by atoms with Crippen molar-refractivity contribution in [2.45, 2.75) is 32.3 Å². The highest BCUT2D eigenvalue weighted by Gasteiger charge is 2.23. The van der Waals surface area contributed by atoms with Gasteiger partial charge in [-0.15, -0.1) is 11.3 Å². The van der Waals surface area contributed by atoms with Gasteiger partial charge in [-0.05, 0) is 32.3 Å². The Balaban J connectivity index is 1.73. The maximum absolute atomic E-state index is 12.7. The van der Waals surface area contributed by atoms with Gasteiger partial charge in [0.25, 0.3) is 5.91 Å². The Morgan fingerprint density at radius 3 is 2.87 bits per heavy atom. The summed E-state index contributed by atoms with van der Waals surface area (Å²) in [6.45, 7) is 3.26. The minimum Gasteiger partial charge on any atom is -0.376 e. The number of hydrogen-bond donors (Lipinski definition) is 0. The van der Waals surface area contributed by atoms with E-state index in [9.17, 15) is 4.79 Å². The van der Waals surface area contributed by atoms with Crippen LogP contribution in [0.5, 0.6) is 0 Å². The smallest absolute Gasteiger partial charge is 0.265 e. The molecule has 2 aromatic rings. The zero-order valence-corrected chi connectivity index (χ0v) is 14.2. The fourth-order valence-electron chi connectivity index (χ4n) is 2.61. The number of nitrogens with zero attached hydrogens (tertiary/aromatic N) is 4. The third-order valence-corrected chi connectivity index (χ3v) is 4.99. The molecule has 23 heavy (non-hydrogen) atoms. The molecule has 3 heterocycles. The molecule has 0 radical (unpaired) electrons. The molecular weight excluding hydrogens is 312 g/mol. The van der Waals surface area contributed by atoms with Crippen LogP contribution in [0.1, 0.15) is 34.6 Å². The number of hydrogen-bond acceptors (Lipinski definition) is 6. The van der Waals surface area contributed by atoms with Crippen molar-refractivity contribution in [3.63, 3.8) is 0 Å². The van der Waals surface area contributed by atoms with E-state index >= 15 is 0 Å². The number of likely N-dealkylation sites (N-methyl/N-ethyl adjacent to an activating group) is 1. The SMILES string of the molecule is Cc1nc(-c2ncccn2)sc1C(=O)N(C)C[C@@H]1CCCCO1. The van der Waals surface area contributed by atoms with Crippen LogP contribution in [-0.4, -0.2) is 52.1 Å². The third-order valence-electron chi connectivity index (χ3n) is 3.85. The van der Waals surface area contributed by atoms with Crippen LogP contribution in [0, 0.1) is 6.92 Å². The lowest BCUT2D eigenvalue weighted by Crippen LogP contribution is -2.37. The fourth-order valence-corrected chi connectivity index (χ4v) is 3.62. The monoisotopic (exact) mass is 332 g/mol. The minimum atomic E-state index is -0.0173. The molecule has 6 nitrogen and oxygen atoms in total. The Bertz CT molecular complexity index is 668. The van der Waals surface area contributed by atoms with Crippen molar-refractivity contribution in [1.29, 1.82) is 0 Å². The van der Waals surface area contributed by atoms with Gasteiger partial charge in [-0.2, -0.15) is 0 Å². The van der Waals surface area contributed by atoms with Crippen LogP contribution in [0.4, 0.5) is 0 Å². The Kier molecular flexibility index (Phi) is 4.97. The molecule has 122 valence electrons. The highest BCUT2D eigenvalue weighted by Crippen LogP contribution is 2.26. The number of ether oxygens (including phenoxy) is 1. The fraction of sp³-hybridized carbons (Fsp3) is 0.500. The maximum atomic E-state index is 12.7. The molecule has 0 spiro atoms. The molecule has 1 atom stereocenters. The van der Waals surface area contributed by atoms with Crippen LogP contribution < -0.4 is 0 Å². The van der Waals surface area contributed by atoms with E-state index in [-0.39, 0.29) is 12.0 Å². The zero-order valence-electron chi connectivity index (χ0n) is 13.4. The predicted molar refractivity (Wildman–Crippen MR) is 88.4 cm³/mol. The summed E-state index contributed by atoms with van der Waals surface area (Å²) in [5, 5.41) is 0.675. The number of amides is 1. The second kappa shape index (κ2) is 7.14. The first-order chi connectivity index (χ1) is 11.1. The average Bonchev–Trinajstić information content (AvgIpc) is 2.97. The lowest BCUT2D eigenvalue weighted by molar-refractivity contribution is -0.000119. The first-order valence-corrected chi connectivity index (χ1v) is 8.58. The highest BCUT2D eigenvalue weighted by atomic mass is 32.1. The Morgan fingerprint density at radius 2 is 2.17 bits per heavy atom. The van der Waals surface area contributed by atoms with Gasteiger partial charge in [-0.1, -0.05) is 0 Å². The van der Waals surface area contributed by atoms with E-state index < -0.39 is 0 Å². The molecule has 1 fully saturated rings. The molecule has 2 aromatic heterocycles. The van der Waals surface area contributed by atoms with E-state index in [0.717, 1.165) is 25.1 Å². The van der Waals surface area contributed by atoms with Crippen molar-refractivity contribution < 1.29 is 9.53 Å². The van der Waals surface area contributed by atoms with Gasteiger partial charge < -0.3 is 9.64 Å². The van der Waals surface area contributed by atoms with E-state index in [1.807, 2.05) is 14.0 Å². The number of aromatic nitrogens is 3. The van der Waals surface area contributed by atoms with Gasteiger partial charge in [0.15, 0.2) is 10.8 Å². The summed E-state index contributed by atoms with van der Waals surface area (Å²) < 4.78 is 5.71. The molecule has 1 aliphatic rings.